The van der Waals surface area contributed by atoms with Gasteiger partial charge in [0.15, 0.2) is 0 Å². The molecular formula is C20H24N4O2. The van der Waals surface area contributed by atoms with Crippen molar-refractivity contribution in [2.45, 2.75) is 32.7 Å². The number of piperidine rings is 1. The number of amides is 1. The van der Waals surface area contributed by atoms with Crippen LogP contribution in [0.15, 0.2) is 35.3 Å². The first-order valence-corrected chi connectivity index (χ1v) is 9.22. The van der Waals surface area contributed by atoms with Gasteiger partial charge in [-0.25, -0.2) is 4.68 Å². The summed E-state index contributed by atoms with van der Waals surface area (Å²) >= 11 is 0. The molecule has 4 rings (SSSR count). The number of carbonyl (C=O) groups is 1. The number of benzene rings is 1. The zero-order chi connectivity index (χ0) is 18.4. The second-order valence-electron chi connectivity index (χ2n) is 7.43. The zero-order valence-corrected chi connectivity index (χ0v) is 15.5. The van der Waals surface area contributed by atoms with Crippen LogP contribution in [0.25, 0.3) is 21.8 Å². The van der Waals surface area contributed by atoms with E-state index in [1.165, 1.54) is 11.1 Å². The smallest absolute Gasteiger partial charge is 0.291 e. The molecule has 0 saturated carbocycles. The van der Waals surface area contributed by atoms with E-state index in [2.05, 4.69) is 12.0 Å². The summed E-state index contributed by atoms with van der Waals surface area (Å²) in [7, 11) is 1.64. The first kappa shape index (κ1) is 16.8. The van der Waals surface area contributed by atoms with Gasteiger partial charge in [0.2, 0.25) is 5.91 Å². The number of nitrogens with zero attached hydrogens (tertiary/aromatic N) is 4. The molecule has 1 aromatic carbocycles. The Morgan fingerprint density at radius 2 is 2.04 bits per heavy atom. The lowest BCUT2D eigenvalue weighted by Gasteiger charge is -2.33. The van der Waals surface area contributed by atoms with Crippen molar-refractivity contribution in [2.24, 2.45) is 13.0 Å². The fourth-order valence-electron chi connectivity index (χ4n) is 4.15. The Kier molecular flexibility index (Phi) is 4.05. The van der Waals surface area contributed by atoms with Crippen molar-refractivity contribution in [1.29, 1.82) is 0 Å². The third-order valence-corrected chi connectivity index (χ3v) is 5.52. The third-order valence-electron chi connectivity index (χ3n) is 5.52. The highest BCUT2D eigenvalue weighted by atomic mass is 16.2. The molecule has 3 heterocycles. The molecule has 0 spiro atoms. The number of hydrogen-bond acceptors (Lipinski definition) is 3. The van der Waals surface area contributed by atoms with Gasteiger partial charge in [0.1, 0.15) is 11.6 Å². The van der Waals surface area contributed by atoms with Gasteiger partial charge in [-0.1, -0.05) is 25.1 Å². The van der Waals surface area contributed by atoms with E-state index in [0.29, 0.717) is 11.4 Å². The number of para-hydroxylation sites is 1. The van der Waals surface area contributed by atoms with Crippen LogP contribution in [-0.4, -0.2) is 38.2 Å². The van der Waals surface area contributed by atoms with E-state index in [-0.39, 0.29) is 11.5 Å². The molecule has 1 aliphatic heterocycles. The van der Waals surface area contributed by atoms with Gasteiger partial charge in [-0.15, -0.1) is 0 Å². The highest BCUT2D eigenvalue weighted by molar-refractivity contribution is 6.08. The SMILES string of the molecule is CC1CCCN(C(=O)C(C)n2c3ccccc3c3cnn(C)c(=O)c32)C1. The molecule has 2 aromatic heterocycles. The Labute approximate surface area is 152 Å². The number of likely N-dealkylation sites (tertiary alicyclic amines) is 1. The molecule has 1 saturated heterocycles. The van der Waals surface area contributed by atoms with Gasteiger partial charge in [-0.3, -0.25) is 9.59 Å². The summed E-state index contributed by atoms with van der Waals surface area (Å²) in [5.74, 6) is 0.605. The highest BCUT2D eigenvalue weighted by Gasteiger charge is 2.28. The van der Waals surface area contributed by atoms with E-state index in [4.69, 9.17) is 0 Å². The van der Waals surface area contributed by atoms with E-state index in [1.54, 1.807) is 13.2 Å². The minimum Gasteiger partial charge on any atom is -0.341 e. The Balaban J connectivity index is 1.90. The monoisotopic (exact) mass is 352 g/mol. The second-order valence-corrected chi connectivity index (χ2v) is 7.43. The Morgan fingerprint density at radius 1 is 1.27 bits per heavy atom. The maximum Gasteiger partial charge on any atom is 0.291 e. The molecule has 136 valence electrons. The van der Waals surface area contributed by atoms with Crippen molar-refractivity contribution in [3.05, 3.63) is 40.8 Å². The lowest BCUT2D eigenvalue weighted by Crippen LogP contribution is -2.42. The van der Waals surface area contributed by atoms with Crippen LogP contribution >= 0.6 is 0 Å². The number of rotatable bonds is 2. The lowest BCUT2D eigenvalue weighted by molar-refractivity contribution is -0.135. The van der Waals surface area contributed by atoms with Crippen LogP contribution in [0.2, 0.25) is 0 Å². The zero-order valence-electron chi connectivity index (χ0n) is 15.5. The van der Waals surface area contributed by atoms with Crippen LogP contribution in [0.4, 0.5) is 0 Å². The largest absolute Gasteiger partial charge is 0.341 e. The Bertz CT molecular complexity index is 1050. The molecule has 1 aliphatic rings. The van der Waals surface area contributed by atoms with Gasteiger partial charge in [-0.05, 0) is 31.7 Å². The maximum atomic E-state index is 13.2. The molecule has 0 radical (unpaired) electrons. The topological polar surface area (TPSA) is 60.1 Å². The molecule has 1 amide bonds. The molecule has 0 N–H and O–H groups in total. The quantitative estimate of drug-likeness (QED) is 0.712. The molecule has 6 nitrogen and oxygen atoms in total. The summed E-state index contributed by atoms with van der Waals surface area (Å²) in [5, 5.41) is 5.93. The number of carbonyl (C=O) groups excluding carboxylic acids is 1. The molecule has 0 bridgehead atoms. The first-order valence-electron chi connectivity index (χ1n) is 9.22. The molecule has 26 heavy (non-hydrogen) atoms. The van der Waals surface area contributed by atoms with Gasteiger partial charge < -0.3 is 9.47 Å². The fraction of sp³-hybridized carbons (Fsp3) is 0.450. The minimum absolute atomic E-state index is 0.0815. The van der Waals surface area contributed by atoms with Crippen molar-refractivity contribution in [2.75, 3.05) is 13.1 Å². The number of aromatic nitrogens is 3. The predicted octanol–water partition coefficient (Wildman–Crippen LogP) is 2.71. The molecule has 0 aliphatic carbocycles. The maximum absolute atomic E-state index is 13.2. The molecule has 1 fully saturated rings. The van der Waals surface area contributed by atoms with Crippen LogP contribution in [0.1, 0.15) is 32.7 Å². The van der Waals surface area contributed by atoms with Crippen molar-refractivity contribution < 1.29 is 4.79 Å². The average Bonchev–Trinajstić information content (AvgIpc) is 2.98. The average molecular weight is 352 g/mol. The molecule has 6 heteroatoms. The Hall–Kier alpha value is -2.63. The van der Waals surface area contributed by atoms with Gasteiger partial charge >= 0.3 is 0 Å². The van der Waals surface area contributed by atoms with Crippen LogP contribution in [-0.2, 0) is 11.8 Å². The van der Waals surface area contributed by atoms with Crippen LogP contribution in [0.5, 0.6) is 0 Å². The summed E-state index contributed by atoms with van der Waals surface area (Å²) in [6.07, 6.45) is 3.92. The number of hydrogen-bond donors (Lipinski definition) is 0. The van der Waals surface area contributed by atoms with Gasteiger partial charge in [0.05, 0.1) is 11.7 Å². The van der Waals surface area contributed by atoms with Crippen molar-refractivity contribution in [1.82, 2.24) is 19.2 Å². The van der Waals surface area contributed by atoms with E-state index < -0.39 is 6.04 Å². The second kappa shape index (κ2) is 6.27. The van der Waals surface area contributed by atoms with Crippen molar-refractivity contribution in [3.8, 4) is 0 Å². The summed E-state index contributed by atoms with van der Waals surface area (Å²) in [5.41, 5.74) is 1.28. The normalized spacial score (nSPS) is 19.2. The van der Waals surface area contributed by atoms with E-state index in [9.17, 15) is 9.59 Å². The lowest BCUT2D eigenvalue weighted by atomic mass is 10.00. The van der Waals surface area contributed by atoms with Crippen LogP contribution < -0.4 is 5.56 Å². The number of aryl methyl sites for hydroxylation is 1. The summed E-state index contributed by atoms with van der Waals surface area (Å²) in [6, 6.07) is 7.41. The van der Waals surface area contributed by atoms with Crippen molar-refractivity contribution >= 4 is 27.7 Å². The van der Waals surface area contributed by atoms with E-state index in [0.717, 1.165) is 35.8 Å². The molecule has 2 unspecified atom stereocenters. The first-order chi connectivity index (χ1) is 12.5. The van der Waals surface area contributed by atoms with E-state index >= 15 is 0 Å². The summed E-state index contributed by atoms with van der Waals surface area (Å²) in [6.45, 7) is 5.67. The minimum atomic E-state index is -0.433. The summed E-state index contributed by atoms with van der Waals surface area (Å²) < 4.78 is 3.23. The van der Waals surface area contributed by atoms with Crippen LogP contribution in [0, 0.1) is 5.92 Å². The van der Waals surface area contributed by atoms with E-state index in [1.807, 2.05) is 40.7 Å². The molecule has 3 aromatic rings. The molecular weight excluding hydrogens is 328 g/mol. The highest BCUT2D eigenvalue weighted by Crippen LogP contribution is 2.30. The van der Waals surface area contributed by atoms with Crippen LogP contribution in [0.3, 0.4) is 0 Å². The Morgan fingerprint density at radius 3 is 2.81 bits per heavy atom. The summed E-state index contributed by atoms with van der Waals surface area (Å²) in [4.78, 5) is 28.0. The third kappa shape index (κ3) is 2.52. The van der Waals surface area contributed by atoms with Crippen molar-refractivity contribution in [3.63, 3.8) is 0 Å². The predicted molar refractivity (Wildman–Crippen MR) is 102 cm³/mol. The van der Waals surface area contributed by atoms with Gasteiger partial charge in [0.25, 0.3) is 5.56 Å². The standard InChI is InChI=1S/C20H24N4O2/c1-13-7-6-10-23(12-13)19(25)14(2)24-17-9-5-4-8-15(17)16-11-21-22(3)20(26)18(16)24/h4-5,8-9,11,13-14H,6-7,10,12H2,1-3H3. The number of fused-ring (bicyclic) bond motifs is 3. The van der Waals surface area contributed by atoms with Gasteiger partial charge in [0, 0.05) is 30.9 Å². The fourth-order valence-corrected chi connectivity index (χ4v) is 4.15. The molecule has 2 atom stereocenters. The van der Waals surface area contributed by atoms with Gasteiger partial charge in [-0.2, -0.15) is 5.10 Å².